The molecule has 1 nitrogen and oxygen atoms in total. The molecule has 0 atom stereocenters. The topological polar surface area (TPSA) is 12.9 Å². The largest absolute Gasteiger partial charge is 0.258 e. The first kappa shape index (κ1) is 10.7. The van der Waals surface area contributed by atoms with Crippen LogP contribution in [0.2, 0.25) is 0 Å². The number of hydrogen-bond donors (Lipinski definition) is 0. The molecule has 0 saturated heterocycles. The summed E-state index contributed by atoms with van der Waals surface area (Å²) in [7, 11) is 0. The summed E-state index contributed by atoms with van der Waals surface area (Å²) in [6, 6.07) is 6.18. The molecule has 3 heteroatoms. The lowest BCUT2D eigenvalue weighted by Crippen LogP contribution is -1.90. The van der Waals surface area contributed by atoms with E-state index in [9.17, 15) is 8.78 Å². The lowest BCUT2D eigenvalue weighted by atomic mass is 10.1. The smallest absolute Gasteiger partial charge is 0.145 e. The molecule has 0 aliphatic rings. The Balaban J connectivity index is 2.50. The van der Waals surface area contributed by atoms with Crippen LogP contribution in [0.15, 0.2) is 30.5 Å². The zero-order chi connectivity index (χ0) is 11.7. The Bertz CT molecular complexity index is 486. The molecule has 0 spiro atoms. The van der Waals surface area contributed by atoms with Crippen molar-refractivity contribution in [3.63, 3.8) is 0 Å². The highest BCUT2D eigenvalue weighted by molar-refractivity contribution is 5.63. The van der Waals surface area contributed by atoms with E-state index in [4.69, 9.17) is 0 Å². The quantitative estimate of drug-likeness (QED) is 0.713. The number of hydrogen-bond acceptors (Lipinski definition) is 1. The Kier molecular flexibility index (Phi) is 2.69. The van der Waals surface area contributed by atoms with Gasteiger partial charge in [-0.3, -0.25) is 4.98 Å². The molecule has 16 heavy (non-hydrogen) atoms. The van der Waals surface area contributed by atoms with Crippen LogP contribution in [-0.4, -0.2) is 4.98 Å². The van der Waals surface area contributed by atoms with Gasteiger partial charge in [-0.1, -0.05) is 12.1 Å². The van der Waals surface area contributed by atoms with Gasteiger partial charge < -0.3 is 0 Å². The fourth-order valence-electron chi connectivity index (χ4n) is 1.44. The predicted molar refractivity (Wildman–Crippen MR) is 59.1 cm³/mol. The van der Waals surface area contributed by atoms with E-state index >= 15 is 0 Å². The number of rotatable bonds is 1. The molecule has 0 N–H and O–H groups in total. The van der Waals surface area contributed by atoms with Gasteiger partial charge in [-0.15, -0.1) is 0 Å². The van der Waals surface area contributed by atoms with Gasteiger partial charge in [-0.05, 0) is 37.1 Å². The second-order valence-electron chi connectivity index (χ2n) is 3.76. The Morgan fingerprint density at radius 3 is 2.25 bits per heavy atom. The summed E-state index contributed by atoms with van der Waals surface area (Å²) in [6.45, 7) is 3.28. The second kappa shape index (κ2) is 4.00. The van der Waals surface area contributed by atoms with Crippen molar-refractivity contribution in [1.82, 2.24) is 4.98 Å². The number of pyridine rings is 1. The minimum atomic E-state index is -0.376. The maximum Gasteiger partial charge on any atom is 0.145 e. The summed E-state index contributed by atoms with van der Waals surface area (Å²) in [5, 5.41) is 0. The van der Waals surface area contributed by atoms with Crippen molar-refractivity contribution < 1.29 is 8.78 Å². The SMILES string of the molecule is Cc1ccc(-c2cnc(C)c(F)c2)cc1F. The van der Waals surface area contributed by atoms with Crippen LogP contribution < -0.4 is 0 Å². The average molecular weight is 219 g/mol. The maximum absolute atomic E-state index is 13.3. The molecular formula is C13H11F2N. The van der Waals surface area contributed by atoms with E-state index in [-0.39, 0.29) is 11.6 Å². The van der Waals surface area contributed by atoms with Crippen molar-refractivity contribution in [3.8, 4) is 11.1 Å². The zero-order valence-electron chi connectivity index (χ0n) is 9.09. The van der Waals surface area contributed by atoms with E-state index in [2.05, 4.69) is 4.98 Å². The fourth-order valence-corrected chi connectivity index (χ4v) is 1.44. The molecule has 2 rings (SSSR count). The summed E-state index contributed by atoms with van der Waals surface area (Å²) in [6.07, 6.45) is 1.54. The van der Waals surface area contributed by atoms with Gasteiger partial charge in [0.15, 0.2) is 0 Å². The molecule has 0 aliphatic carbocycles. The minimum absolute atomic E-state index is 0.293. The van der Waals surface area contributed by atoms with Crippen LogP contribution >= 0.6 is 0 Å². The van der Waals surface area contributed by atoms with Crippen molar-refractivity contribution in [2.75, 3.05) is 0 Å². The highest BCUT2D eigenvalue weighted by Gasteiger charge is 2.05. The highest BCUT2D eigenvalue weighted by atomic mass is 19.1. The molecule has 0 amide bonds. The van der Waals surface area contributed by atoms with E-state index < -0.39 is 0 Å². The molecule has 1 aromatic heterocycles. The molecule has 1 aromatic carbocycles. The molecule has 0 saturated carbocycles. The Morgan fingerprint density at radius 2 is 1.62 bits per heavy atom. The third-order valence-electron chi connectivity index (χ3n) is 2.53. The molecular weight excluding hydrogens is 208 g/mol. The first-order chi connectivity index (χ1) is 7.58. The van der Waals surface area contributed by atoms with Crippen LogP contribution in [0.4, 0.5) is 8.78 Å². The third kappa shape index (κ3) is 1.94. The lowest BCUT2D eigenvalue weighted by molar-refractivity contribution is 0.609. The van der Waals surface area contributed by atoms with Crippen LogP contribution in [-0.2, 0) is 0 Å². The van der Waals surface area contributed by atoms with Gasteiger partial charge in [0.05, 0.1) is 5.69 Å². The monoisotopic (exact) mass is 219 g/mol. The van der Waals surface area contributed by atoms with Gasteiger partial charge in [0.2, 0.25) is 0 Å². The first-order valence-corrected chi connectivity index (χ1v) is 4.96. The Hall–Kier alpha value is -1.77. The molecule has 0 aliphatic heterocycles. The Morgan fingerprint density at radius 1 is 0.938 bits per heavy atom. The van der Waals surface area contributed by atoms with Crippen molar-refractivity contribution in [2.24, 2.45) is 0 Å². The van der Waals surface area contributed by atoms with E-state index in [1.165, 1.54) is 12.1 Å². The van der Waals surface area contributed by atoms with Crippen LogP contribution in [0, 0.1) is 25.5 Å². The van der Waals surface area contributed by atoms with E-state index in [1.54, 1.807) is 32.2 Å². The Labute approximate surface area is 92.8 Å². The minimum Gasteiger partial charge on any atom is -0.258 e. The lowest BCUT2D eigenvalue weighted by Gasteiger charge is -2.04. The van der Waals surface area contributed by atoms with E-state index in [1.807, 2.05) is 0 Å². The third-order valence-corrected chi connectivity index (χ3v) is 2.53. The second-order valence-corrected chi connectivity index (χ2v) is 3.76. The van der Waals surface area contributed by atoms with Crippen LogP contribution in [0.25, 0.3) is 11.1 Å². The molecule has 0 radical (unpaired) electrons. The van der Waals surface area contributed by atoms with Crippen molar-refractivity contribution in [1.29, 1.82) is 0 Å². The van der Waals surface area contributed by atoms with Crippen molar-refractivity contribution in [3.05, 3.63) is 53.4 Å². The van der Waals surface area contributed by atoms with Gasteiger partial charge in [0, 0.05) is 11.8 Å². The standard InChI is InChI=1S/C13H11F2N/c1-8-3-4-10(5-12(8)14)11-6-13(15)9(2)16-7-11/h3-7H,1-2H3. The normalized spacial score (nSPS) is 10.5. The van der Waals surface area contributed by atoms with Gasteiger partial charge in [0.25, 0.3) is 0 Å². The van der Waals surface area contributed by atoms with Crippen LogP contribution in [0.5, 0.6) is 0 Å². The van der Waals surface area contributed by atoms with Gasteiger partial charge in [0.1, 0.15) is 11.6 Å². The summed E-state index contributed by atoms with van der Waals surface area (Å²) in [4.78, 5) is 3.91. The van der Waals surface area contributed by atoms with Crippen molar-refractivity contribution in [2.45, 2.75) is 13.8 Å². The fraction of sp³-hybridized carbons (Fsp3) is 0.154. The molecule has 82 valence electrons. The summed E-state index contributed by atoms with van der Waals surface area (Å²) < 4.78 is 26.6. The highest BCUT2D eigenvalue weighted by Crippen LogP contribution is 2.22. The summed E-state index contributed by atoms with van der Waals surface area (Å²) in [5.41, 5.74) is 2.14. The maximum atomic E-state index is 13.3. The number of nitrogens with zero attached hydrogens (tertiary/aromatic N) is 1. The number of aryl methyl sites for hydroxylation is 2. The molecule has 0 fully saturated rings. The van der Waals surface area contributed by atoms with Crippen LogP contribution in [0.3, 0.4) is 0 Å². The molecule has 0 bridgehead atoms. The number of halogens is 2. The number of aromatic nitrogens is 1. The first-order valence-electron chi connectivity index (χ1n) is 4.96. The summed E-state index contributed by atoms with van der Waals surface area (Å²) >= 11 is 0. The van der Waals surface area contributed by atoms with Gasteiger partial charge in [-0.25, -0.2) is 8.78 Å². The van der Waals surface area contributed by atoms with Gasteiger partial charge >= 0.3 is 0 Å². The van der Waals surface area contributed by atoms with Gasteiger partial charge in [-0.2, -0.15) is 0 Å². The van der Waals surface area contributed by atoms with Crippen molar-refractivity contribution >= 4 is 0 Å². The summed E-state index contributed by atoms with van der Waals surface area (Å²) in [5.74, 6) is -0.669. The average Bonchev–Trinajstić information content (AvgIpc) is 2.26. The van der Waals surface area contributed by atoms with E-state index in [0.29, 0.717) is 22.4 Å². The van der Waals surface area contributed by atoms with E-state index in [0.717, 1.165) is 0 Å². The molecule has 1 heterocycles. The van der Waals surface area contributed by atoms with Crippen LogP contribution in [0.1, 0.15) is 11.3 Å². The zero-order valence-corrected chi connectivity index (χ0v) is 9.09. The predicted octanol–water partition coefficient (Wildman–Crippen LogP) is 3.64. The molecule has 0 unspecified atom stereocenters. The number of benzene rings is 1. The molecule has 2 aromatic rings.